The van der Waals surface area contributed by atoms with E-state index in [9.17, 15) is 8.42 Å². The maximum Gasteiger partial charge on any atom is 0.149 e. The van der Waals surface area contributed by atoms with E-state index in [1.807, 2.05) is 13.0 Å². The molecule has 0 bridgehead atoms. The third kappa shape index (κ3) is 5.63. The van der Waals surface area contributed by atoms with E-state index in [1.54, 1.807) is 0 Å². The Morgan fingerprint density at radius 1 is 1.41 bits per heavy atom. The van der Waals surface area contributed by atoms with Crippen molar-refractivity contribution in [2.75, 3.05) is 17.3 Å². The van der Waals surface area contributed by atoms with E-state index in [-0.39, 0.29) is 11.8 Å². The minimum atomic E-state index is -2.97. The molecular weight excluding hydrogens is 238 g/mol. The average Bonchev–Trinajstić information content (AvgIpc) is 2.15. The lowest BCUT2D eigenvalue weighted by molar-refractivity contribution is 0.598. The molecule has 1 unspecified atom stereocenters. The molecular formula is C11H19N3O2S. The zero-order chi connectivity index (χ0) is 12.9. The highest BCUT2D eigenvalue weighted by atomic mass is 32.2. The first-order valence-corrected chi connectivity index (χ1v) is 7.72. The van der Waals surface area contributed by atoms with Gasteiger partial charge in [-0.05, 0) is 13.3 Å². The van der Waals surface area contributed by atoms with E-state index >= 15 is 0 Å². The Hall–Kier alpha value is -1.17. The largest absolute Gasteiger partial charge is 0.366 e. The van der Waals surface area contributed by atoms with Gasteiger partial charge in [-0.2, -0.15) is 0 Å². The molecule has 1 heterocycles. The molecule has 96 valence electrons. The first-order valence-electron chi connectivity index (χ1n) is 5.66. The minimum Gasteiger partial charge on any atom is -0.366 e. The summed E-state index contributed by atoms with van der Waals surface area (Å²) in [4.78, 5) is 8.22. The van der Waals surface area contributed by atoms with Crippen molar-refractivity contribution in [2.24, 2.45) is 0 Å². The molecule has 1 aromatic heterocycles. The molecule has 1 N–H and O–H groups in total. The predicted octanol–water partition coefficient (Wildman–Crippen LogP) is 1.27. The van der Waals surface area contributed by atoms with Gasteiger partial charge in [-0.15, -0.1) is 0 Å². The summed E-state index contributed by atoms with van der Waals surface area (Å²) in [5.41, 5.74) is 0.969. The van der Waals surface area contributed by atoms with Crippen LogP contribution in [0, 0.1) is 0 Å². The van der Waals surface area contributed by atoms with Crippen molar-refractivity contribution in [1.29, 1.82) is 0 Å². The van der Waals surface area contributed by atoms with Crippen molar-refractivity contribution in [2.45, 2.75) is 32.7 Å². The molecule has 1 aromatic rings. The van der Waals surface area contributed by atoms with E-state index in [2.05, 4.69) is 22.2 Å². The van der Waals surface area contributed by atoms with E-state index in [0.717, 1.165) is 18.5 Å². The quantitative estimate of drug-likeness (QED) is 0.831. The van der Waals surface area contributed by atoms with Crippen LogP contribution in [-0.4, -0.2) is 36.4 Å². The summed E-state index contributed by atoms with van der Waals surface area (Å²) in [5, 5.41) is 3.07. The second-order valence-electron chi connectivity index (χ2n) is 4.28. The minimum absolute atomic E-state index is 0.0973. The van der Waals surface area contributed by atoms with E-state index in [0.29, 0.717) is 5.82 Å². The Labute approximate surface area is 103 Å². The summed E-state index contributed by atoms with van der Waals surface area (Å²) < 4.78 is 22.3. The number of aryl methyl sites for hydroxylation is 1. The molecule has 0 aliphatic carbocycles. The molecule has 6 heteroatoms. The standard InChI is InChI=1S/C11H19N3O2S/c1-4-5-10-6-11(13-8-12-10)14-9(2)7-17(3,15)16/h6,8-9H,4-5,7H2,1-3H3,(H,12,13,14). The third-order valence-electron chi connectivity index (χ3n) is 2.18. The highest BCUT2D eigenvalue weighted by molar-refractivity contribution is 7.90. The Bertz CT molecular complexity index is 460. The van der Waals surface area contributed by atoms with E-state index in [1.165, 1.54) is 12.6 Å². The Kier molecular flexibility index (Phi) is 4.86. The highest BCUT2D eigenvalue weighted by Crippen LogP contribution is 2.08. The number of hydrogen-bond acceptors (Lipinski definition) is 5. The van der Waals surface area contributed by atoms with Gasteiger partial charge in [0.05, 0.1) is 5.75 Å². The number of aromatic nitrogens is 2. The number of sulfone groups is 1. The first-order chi connectivity index (χ1) is 7.90. The van der Waals surface area contributed by atoms with Gasteiger partial charge in [0.1, 0.15) is 22.0 Å². The van der Waals surface area contributed by atoms with Gasteiger partial charge in [-0.3, -0.25) is 0 Å². The monoisotopic (exact) mass is 257 g/mol. The molecule has 5 nitrogen and oxygen atoms in total. The number of nitrogens with zero attached hydrogens (tertiary/aromatic N) is 2. The predicted molar refractivity (Wildman–Crippen MR) is 68.8 cm³/mol. The summed E-state index contributed by atoms with van der Waals surface area (Å²) in [6, 6.07) is 1.71. The maximum atomic E-state index is 11.1. The van der Waals surface area contributed by atoms with Crippen molar-refractivity contribution >= 4 is 15.7 Å². The Balaban J connectivity index is 2.65. The molecule has 0 radical (unpaired) electrons. The van der Waals surface area contributed by atoms with Crippen LogP contribution < -0.4 is 5.32 Å². The fourth-order valence-corrected chi connectivity index (χ4v) is 2.61. The molecule has 1 atom stereocenters. The Morgan fingerprint density at radius 2 is 2.12 bits per heavy atom. The SMILES string of the molecule is CCCc1cc(NC(C)CS(C)(=O)=O)ncn1. The van der Waals surface area contributed by atoms with Crippen molar-refractivity contribution in [3.05, 3.63) is 18.1 Å². The van der Waals surface area contributed by atoms with Crippen LogP contribution in [0.15, 0.2) is 12.4 Å². The Morgan fingerprint density at radius 3 is 2.71 bits per heavy atom. The van der Waals surface area contributed by atoms with Gasteiger partial charge in [-0.25, -0.2) is 18.4 Å². The lowest BCUT2D eigenvalue weighted by Gasteiger charge is -2.13. The van der Waals surface area contributed by atoms with Gasteiger partial charge in [0, 0.05) is 24.1 Å². The van der Waals surface area contributed by atoms with Crippen LogP contribution in [0.5, 0.6) is 0 Å². The van der Waals surface area contributed by atoms with Crippen molar-refractivity contribution in [3.8, 4) is 0 Å². The molecule has 0 aliphatic heterocycles. The van der Waals surface area contributed by atoms with Crippen LogP contribution in [-0.2, 0) is 16.3 Å². The highest BCUT2D eigenvalue weighted by Gasteiger charge is 2.10. The van der Waals surface area contributed by atoms with E-state index < -0.39 is 9.84 Å². The molecule has 0 spiro atoms. The maximum absolute atomic E-state index is 11.1. The lowest BCUT2D eigenvalue weighted by atomic mass is 10.2. The molecule has 0 amide bonds. The topological polar surface area (TPSA) is 72.0 Å². The second kappa shape index (κ2) is 5.95. The summed E-state index contributed by atoms with van der Waals surface area (Å²) in [7, 11) is -2.97. The normalized spacial score (nSPS) is 13.4. The zero-order valence-corrected chi connectivity index (χ0v) is 11.3. The summed E-state index contributed by atoms with van der Waals surface area (Å²) in [6.45, 7) is 3.91. The van der Waals surface area contributed by atoms with Crippen molar-refractivity contribution in [3.63, 3.8) is 0 Å². The van der Waals surface area contributed by atoms with Gasteiger partial charge in [0.15, 0.2) is 0 Å². The molecule has 0 aromatic carbocycles. The third-order valence-corrected chi connectivity index (χ3v) is 3.28. The molecule has 0 fully saturated rings. The fraction of sp³-hybridized carbons (Fsp3) is 0.636. The summed E-state index contributed by atoms with van der Waals surface area (Å²) in [6.07, 6.45) is 4.65. The summed E-state index contributed by atoms with van der Waals surface area (Å²) >= 11 is 0. The number of rotatable bonds is 6. The zero-order valence-electron chi connectivity index (χ0n) is 10.5. The molecule has 0 aliphatic rings. The molecule has 1 rings (SSSR count). The molecule has 0 saturated carbocycles. The van der Waals surface area contributed by atoms with Gasteiger partial charge in [0.25, 0.3) is 0 Å². The van der Waals surface area contributed by atoms with Crippen LogP contribution in [0.1, 0.15) is 26.0 Å². The van der Waals surface area contributed by atoms with E-state index in [4.69, 9.17) is 0 Å². The second-order valence-corrected chi connectivity index (χ2v) is 6.47. The van der Waals surface area contributed by atoms with Gasteiger partial charge >= 0.3 is 0 Å². The lowest BCUT2D eigenvalue weighted by Crippen LogP contribution is -2.25. The number of nitrogens with one attached hydrogen (secondary N) is 1. The fourth-order valence-electron chi connectivity index (χ4n) is 1.62. The van der Waals surface area contributed by atoms with Crippen LogP contribution in [0.25, 0.3) is 0 Å². The van der Waals surface area contributed by atoms with Crippen LogP contribution in [0.2, 0.25) is 0 Å². The number of anilines is 1. The average molecular weight is 257 g/mol. The number of hydrogen-bond donors (Lipinski definition) is 1. The van der Waals surface area contributed by atoms with Crippen LogP contribution in [0.4, 0.5) is 5.82 Å². The first kappa shape index (κ1) is 13.9. The smallest absolute Gasteiger partial charge is 0.149 e. The van der Waals surface area contributed by atoms with Crippen LogP contribution >= 0.6 is 0 Å². The van der Waals surface area contributed by atoms with Gasteiger partial charge in [0.2, 0.25) is 0 Å². The van der Waals surface area contributed by atoms with Gasteiger partial charge < -0.3 is 5.32 Å². The molecule has 0 saturated heterocycles. The van der Waals surface area contributed by atoms with Crippen LogP contribution in [0.3, 0.4) is 0 Å². The van der Waals surface area contributed by atoms with Crippen molar-refractivity contribution < 1.29 is 8.42 Å². The molecule has 17 heavy (non-hydrogen) atoms. The van der Waals surface area contributed by atoms with Gasteiger partial charge in [-0.1, -0.05) is 13.3 Å². The summed E-state index contributed by atoms with van der Waals surface area (Å²) in [5.74, 6) is 0.778. The van der Waals surface area contributed by atoms with Crippen molar-refractivity contribution in [1.82, 2.24) is 9.97 Å².